The predicted molar refractivity (Wildman–Crippen MR) is 93.2 cm³/mol. The van der Waals surface area contributed by atoms with Crippen LogP contribution in [0.5, 0.6) is 0 Å². The maximum absolute atomic E-state index is 13.4. The molecule has 1 heterocycles. The lowest BCUT2D eigenvalue weighted by molar-refractivity contribution is -0.122. The summed E-state index contributed by atoms with van der Waals surface area (Å²) in [7, 11) is 1.25. The quantitative estimate of drug-likeness (QED) is 0.835. The molecule has 3 rings (SSSR count). The second kappa shape index (κ2) is 7.53. The summed E-state index contributed by atoms with van der Waals surface area (Å²) in [4.78, 5) is 37.5. The molecule has 0 spiro atoms. The van der Waals surface area contributed by atoms with Gasteiger partial charge in [-0.1, -0.05) is 6.07 Å². The van der Waals surface area contributed by atoms with Crippen LogP contribution >= 0.6 is 0 Å². The summed E-state index contributed by atoms with van der Waals surface area (Å²) in [5, 5.41) is 2.66. The molecule has 0 bridgehead atoms. The molecule has 27 heavy (non-hydrogen) atoms. The Balaban J connectivity index is 1.70. The van der Waals surface area contributed by atoms with Crippen LogP contribution in [0.3, 0.4) is 0 Å². The first kappa shape index (κ1) is 18.5. The van der Waals surface area contributed by atoms with Crippen molar-refractivity contribution >= 4 is 29.2 Å². The number of esters is 1. The summed E-state index contributed by atoms with van der Waals surface area (Å²) in [5.74, 6) is -4.03. The van der Waals surface area contributed by atoms with Gasteiger partial charge in [-0.2, -0.15) is 0 Å². The highest BCUT2D eigenvalue weighted by Crippen LogP contribution is 2.27. The molecule has 2 aromatic carbocycles. The predicted octanol–water partition coefficient (Wildman–Crippen LogP) is 2.74. The van der Waals surface area contributed by atoms with Gasteiger partial charge < -0.3 is 15.0 Å². The number of nitrogens with one attached hydrogen (secondary N) is 1. The lowest BCUT2D eigenvalue weighted by Gasteiger charge is -2.17. The van der Waals surface area contributed by atoms with Gasteiger partial charge in [0.05, 0.1) is 18.6 Å². The van der Waals surface area contributed by atoms with Gasteiger partial charge in [0.15, 0.2) is 11.6 Å². The van der Waals surface area contributed by atoms with E-state index >= 15 is 0 Å². The van der Waals surface area contributed by atoms with Crippen LogP contribution in [0.25, 0.3) is 0 Å². The third kappa shape index (κ3) is 3.94. The highest BCUT2D eigenvalue weighted by atomic mass is 19.2. The maximum atomic E-state index is 13.4. The number of hydrogen-bond acceptors (Lipinski definition) is 4. The molecule has 0 aromatic heterocycles. The minimum Gasteiger partial charge on any atom is -0.465 e. The van der Waals surface area contributed by atoms with Crippen molar-refractivity contribution < 1.29 is 27.9 Å². The summed E-state index contributed by atoms with van der Waals surface area (Å²) in [6.07, 6.45) is -0.0540. The molecule has 0 radical (unpaired) electrons. The van der Waals surface area contributed by atoms with Crippen LogP contribution in [0.1, 0.15) is 16.8 Å². The molecule has 1 atom stereocenters. The fourth-order valence-corrected chi connectivity index (χ4v) is 2.87. The number of benzene rings is 2. The van der Waals surface area contributed by atoms with Crippen molar-refractivity contribution in [3.63, 3.8) is 0 Å². The van der Waals surface area contributed by atoms with Gasteiger partial charge in [0, 0.05) is 30.4 Å². The first-order chi connectivity index (χ1) is 12.9. The van der Waals surface area contributed by atoms with E-state index in [-0.39, 0.29) is 30.1 Å². The first-order valence-corrected chi connectivity index (χ1v) is 8.13. The van der Waals surface area contributed by atoms with Crippen molar-refractivity contribution in [1.29, 1.82) is 0 Å². The van der Waals surface area contributed by atoms with Crippen molar-refractivity contribution in [2.45, 2.75) is 6.42 Å². The SMILES string of the molecule is COC(=O)c1cccc(NC(=O)C2CC(=O)N(c3ccc(F)c(F)c3)C2)c1. The zero-order chi connectivity index (χ0) is 19.6. The smallest absolute Gasteiger partial charge is 0.337 e. The minimum atomic E-state index is -1.06. The van der Waals surface area contributed by atoms with E-state index in [0.717, 1.165) is 12.1 Å². The number of rotatable bonds is 4. The molecular formula is C19H16F2N2O4. The fourth-order valence-electron chi connectivity index (χ4n) is 2.87. The number of methoxy groups -OCH3 is 1. The van der Waals surface area contributed by atoms with Gasteiger partial charge in [-0.05, 0) is 30.3 Å². The monoisotopic (exact) mass is 374 g/mol. The molecular weight excluding hydrogens is 358 g/mol. The number of carbonyl (C=O) groups is 3. The molecule has 1 aliphatic rings. The molecule has 140 valence electrons. The molecule has 2 amide bonds. The average molecular weight is 374 g/mol. The number of carbonyl (C=O) groups excluding carboxylic acids is 3. The standard InChI is InChI=1S/C19H16F2N2O4/c1-27-19(26)11-3-2-4-13(7-11)22-18(25)12-8-17(24)23(10-12)14-5-6-15(20)16(21)9-14/h2-7,9,12H,8,10H2,1H3,(H,22,25). The highest BCUT2D eigenvalue weighted by molar-refractivity contribution is 6.03. The Hall–Kier alpha value is -3.29. The van der Waals surface area contributed by atoms with E-state index in [1.54, 1.807) is 18.2 Å². The Morgan fingerprint density at radius 1 is 1.15 bits per heavy atom. The van der Waals surface area contributed by atoms with Crippen LogP contribution in [-0.2, 0) is 14.3 Å². The van der Waals surface area contributed by atoms with Crippen molar-refractivity contribution in [3.05, 3.63) is 59.7 Å². The lowest BCUT2D eigenvalue weighted by Crippen LogP contribution is -2.28. The van der Waals surface area contributed by atoms with Gasteiger partial charge in [-0.15, -0.1) is 0 Å². The zero-order valence-corrected chi connectivity index (χ0v) is 14.4. The lowest BCUT2D eigenvalue weighted by atomic mass is 10.1. The Kier molecular flexibility index (Phi) is 5.16. The molecule has 8 heteroatoms. The Labute approximate surface area is 153 Å². The zero-order valence-electron chi connectivity index (χ0n) is 14.4. The average Bonchev–Trinajstić information content (AvgIpc) is 3.05. The number of hydrogen-bond donors (Lipinski definition) is 1. The number of amides is 2. The van der Waals surface area contributed by atoms with E-state index in [1.165, 1.54) is 24.1 Å². The molecule has 1 fully saturated rings. The molecule has 2 aromatic rings. The van der Waals surface area contributed by atoms with Crippen molar-refractivity contribution in [3.8, 4) is 0 Å². The van der Waals surface area contributed by atoms with Crippen LogP contribution in [0.4, 0.5) is 20.2 Å². The van der Waals surface area contributed by atoms with Crippen molar-refractivity contribution in [2.75, 3.05) is 23.9 Å². The minimum absolute atomic E-state index is 0.0480. The molecule has 1 saturated heterocycles. The Bertz CT molecular complexity index is 916. The van der Waals surface area contributed by atoms with E-state index in [0.29, 0.717) is 5.69 Å². The summed E-state index contributed by atoms with van der Waals surface area (Å²) in [6, 6.07) is 9.36. The van der Waals surface area contributed by atoms with Crippen LogP contribution < -0.4 is 10.2 Å². The number of ether oxygens (including phenoxy) is 1. The maximum Gasteiger partial charge on any atom is 0.337 e. The molecule has 1 aliphatic heterocycles. The van der Waals surface area contributed by atoms with Crippen molar-refractivity contribution in [1.82, 2.24) is 0 Å². The topological polar surface area (TPSA) is 75.7 Å². The Morgan fingerprint density at radius 3 is 2.63 bits per heavy atom. The first-order valence-electron chi connectivity index (χ1n) is 8.13. The fraction of sp³-hybridized carbons (Fsp3) is 0.211. The second-order valence-corrected chi connectivity index (χ2v) is 6.07. The van der Waals surface area contributed by atoms with E-state index < -0.39 is 29.4 Å². The number of nitrogens with zero attached hydrogens (tertiary/aromatic N) is 1. The van der Waals surface area contributed by atoms with Gasteiger partial charge in [0.25, 0.3) is 0 Å². The molecule has 0 aliphatic carbocycles. The van der Waals surface area contributed by atoms with Crippen molar-refractivity contribution in [2.24, 2.45) is 5.92 Å². The van der Waals surface area contributed by atoms with Crippen LogP contribution in [0.2, 0.25) is 0 Å². The van der Waals surface area contributed by atoms with E-state index in [1.807, 2.05) is 0 Å². The van der Waals surface area contributed by atoms with Gasteiger partial charge in [-0.25, -0.2) is 13.6 Å². The number of anilines is 2. The number of halogens is 2. The summed E-state index contributed by atoms with van der Waals surface area (Å²) < 4.78 is 31.1. The third-order valence-corrected chi connectivity index (χ3v) is 4.26. The van der Waals surface area contributed by atoms with Gasteiger partial charge in [0.1, 0.15) is 0 Å². The summed E-state index contributed by atoms with van der Waals surface area (Å²) in [6.45, 7) is 0.0480. The molecule has 6 nitrogen and oxygen atoms in total. The third-order valence-electron chi connectivity index (χ3n) is 4.26. The van der Waals surface area contributed by atoms with Gasteiger partial charge in [-0.3, -0.25) is 9.59 Å². The molecule has 1 unspecified atom stereocenters. The summed E-state index contributed by atoms with van der Waals surface area (Å²) >= 11 is 0. The highest BCUT2D eigenvalue weighted by Gasteiger charge is 2.35. The van der Waals surface area contributed by atoms with Crippen LogP contribution in [0.15, 0.2) is 42.5 Å². The molecule has 0 saturated carbocycles. The van der Waals surface area contributed by atoms with Gasteiger partial charge >= 0.3 is 5.97 Å². The normalized spacial score (nSPS) is 16.3. The van der Waals surface area contributed by atoms with E-state index in [2.05, 4.69) is 10.1 Å². The molecule has 1 N–H and O–H groups in total. The Morgan fingerprint density at radius 2 is 1.93 bits per heavy atom. The second-order valence-electron chi connectivity index (χ2n) is 6.07. The summed E-state index contributed by atoms with van der Waals surface area (Å²) in [5.41, 5.74) is 0.865. The van der Waals surface area contributed by atoms with E-state index in [9.17, 15) is 23.2 Å². The van der Waals surface area contributed by atoms with Gasteiger partial charge in [0.2, 0.25) is 11.8 Å². The van der Waals surface area contributed by atoms with E-state index in [4.69, 9.17) is 0 Å². The largest absolute Gasteiger partial charge is 0.465 e. The van der Waals surface area contributed by atoms with Crippen LogP contribution in [0, 0.1) is 17.6 Å². The van der Waals surface area contributed by atoms with Crippen LogP contribution in [-0.4, -0.2) is 31.4 Å².